The van der Waals surface area contributed by atoms with Crippen molar-refractivity contribution >= 4 is 23.5 Å². The Morgan fingerprint density at radius 3 is 2.72 bits per heavy atom. The van der Waals surface area contributed by atoms with Crippen LogP contribution in [0.15, 0.2) is 18.3 Å². The van der Waals surface area contributed by atoms with Gasteiger partial charge in [0.1, 0.15) is 5.15 Å². The average molecular weight is 269 g/mol. The van der Waals surface area contributed by atoms with E-state index in [1.54, 1.807) is 12.1 Å². The minimum absolute atomic E-state index is 0.0747. The van der Waals surface area contributed by atoms with Gasteiger partial charge in [0.15, 0.2) is 0 Å². The SMILES string of the molecule is O=C(N[C@H]1CC[C@@H](C(=O)O)C1)c1ccc(Cl)nc1. The van der Waals surface area contributed by atoms with E-state index in [0.717, 1.165) is 0 Å². The molecule has 0 radical (unpaired) electrons. The number of aromatic nitrogens is 1. The van der Waals surface area contributed by atoms with Crippen LogP contribution in [0.1, 0.15) is 29.6 Å². The molecule has 2 atom stereocenters. The summed E-state index contributed by atoms with van der Waals surface area (Å²) in [5, 5.41) is 12.0. The summed E-state index contributed by atoms with van der Waals surface area (Å²) in [6.07, 6.45) is 3.20. The monoisotopic (exact) mass is 268 g/mol. The van der Waals surface area contributed by atoms with E-state index in [1.165, 1.54) is 6.20 Å². The normalized spacial score (nSPS) is 22.7. The van der Waals surface area contributed by atoms with Crippen LogP contribution in [0, 0.1) is 5.92 Å². The highest BCUT2D eigenvalue weighted by molar-refractivity contribution is 6.29. The Bertz CT molecular complexity index is 461. The second kappa shape index (κ2) is 5.35. The fourth-order valence-corrected chi connectivity index (χ4v) is 2.23. The summed E-state index contributed by atoms with van der Waals surface area (Å²) in [5.74, 6) is -1.38. The highest BCUT2D eigenvalue weighted by Gasteiger charge is 2.30. The molecule has 0 bridgehead atoms. The Morgan fingerprint density at radius 1 is 1.39 bits per heavy atom. The van der Waals surface area contributed by atoms with Crippen molar-refractivity contribution in [1.29, 1.82) is 0 Å². The molecule has 1 aliphatic rings. The third-order valence-electron chi connectivity index (χ3n) is 3.11. The number of amides is 1. The summed E-state index contributed by atoms with van der Waals surface area (Å²) in [6, 6.07) is 3.06. The number of carboxylic acid groups (broad SMARTS) is 1. The first-order valence-electron chi connectivity index (χ1n) is 5.71. The van der Waals surface area contributed by atoms with Crippen LogP contribution in [0.2, 0.25) is 5.15 Å². The zero-order chi connectivity index (χ0) is 13.1. The summed E-state index contributed by atoms with van der Waals surface area (Å²) in [4.78, 5) is 26.5. The molecule has 0 saturated heterocycles. The first kappa shape index (κ1) is 12.8. The van der Waals surface area contributed by atoms with Gasteiger partial charge in [-0.1, -0.05) is 11.6 Å². The molecule has 1 saturated carbocycles. The average Bonchev–Trinajstić information content (AvgIpc) is 2.78. The number of halogens is 1. The van der Waals surface area contributed by atoms with E-state index in [0.29, 0.717) is 30.0 Å². The van der Waals surface area contributed by atoms with Gasteiger partial charge in [0.2, 0.25) is 0 Å². The van der Waals surface area contributed by atoms with Crippen molar-refractivity contribution in [2.24, 2.45) is 5.92 Å². The molecule has 0 spiro atoms. The first-order chi connectivity index (χ1) is 8.56. The number of hydrogen-bond acceptors (Lipinski definition) is 3. The van der Waals surface area contributed by atoms with Crippen LogP contribution >= 0.6 is 11.6 Å². The molecule has 1 aromatic heterocycles. The first-order valence-corrected chi connectivity index (χ1v) is 6.09. The largest absolute Gasteiger partial charge is 0.481 e. The Hall–Kier alpha value is -1.62. The zero-order valence-corrected chi connectivity index (χ0v) is 10.4. The van der Waals surface area contributed by atoms with Crippen LogP contribution in [-0.4, -0.2) is 28.0 Å². The molecule has 1 aromatic rings. The van der Waals surface area contributed by atoms with Crippen molar-refractivity contribution in [3.05, 3.63) is 29.0 Å². The molecule has 96 valence electrons. The molecule has 0 aliphatic heterocycles. The number of hydrogen-bond donors (Lipinski definition) is 2. The van der Waals surface area contributed by atoms with Gasteiger partial charge in [-0.15, -0.1) is 0 Å². The minimum atomic E-state index is -0.792. The molecule has 1 fully saturated rings. The summed E-state index contributed by atoms with van der Waals surface area (Å²) in [5.41, 5.74) is 0.429. The number of nitrogens with one attached hydrogen (secondary N) is 1. The van der Waals surface area contributed by atoms with Crippen molar-refractivity contribution in [3.8, 4) is 0 Å². The summed E-state index contributed by atoms with van der Waals surface area (Å²) in [6.45, 7) is 0. The number of aliphatic carboxylic acids is 1. The predicted molar refractivity (Wildman–Crippen MR) is 65.5 cm³/mol. The van der Waals surface area contributed by atoms with Gasteiger partial charge in [0.25, 0.3) is 5.91 Å². The lowest BCUT2D eigenvalue weighted by Crippen LogP contribution is -2.33. The van der Waals surface area contributed by atoms with Crippen molar-refractivity contribution in [2.45, 2.75) is 25.3 Å². The smallest absolute Gasteiger partial charge is 0.306 e. The molecule has 0 aromatic carbocycles. The molecular formula is C12H13ClN2O3. The molecule has 5 nitrogen and oxygen atoms in total. The third-order valence-corrected chi connectivity index (χ3v) is 3.33. The molecule has 1 amide bonds. The van der Waals surface area contributed by atoms with Crippen molar-refractivity contribution in [3.63, 3.8) is 0 Å². The van der Waals surface area contributed by atoms with Crippen LogP contribution in [-0.2, 0) is 4.79 Å². The van der Waals surface area contributed by atoms with Gasteiger partial charge < -0.3 is 10.4 Å². The van der Waals surface area contributed by atoms with Gasteiger partial charge in [-0.3, -0.25) is 9.59 Å². The van der Waals surface area contributed by atoms with Gasteiger partial charge >= 0.3 is 5.97 Å². The van der Waals surface area contributed by atoms with Gasteiger partial charge in [-0.2, -0.15) is 0 Å². The molecule has 6 heteroatoms. The minimum Gasteiger partial charge on any atom is -0.481 e. The van der Waals surface area contributed by atoms with Crippen molar-refractivity contribution in [2.75, 3.05) is 0 Å². The number of carbonyl (C=O) groups excluding carboxylic acids is 1. The van der Waals surface area contributed by atoms with E-state index < -0.39 is 5.97 Å². The molecule has 2 N–H and O–H groups in total. The van der Waals surface area contributed by atoms with Crippen LogP contribution in [0.5, 0.6) is 0 Å². The zero-order valence-electron chi connectivity index (χ0n) is 9.60. The highest BCUT2D eigenvalue weighted by Crippen LogP contribution is 2.25. The fraction of sp³-hybridized carbons (Fsp3) is 0.417. The van der Waals surface area contributed by atoms with Gasteiger partial charge in [0.05, 0.1) is 11.5 Å². The maximum Gasteiger partial charge on any atom is 0.306 e. The Balaban J connectivity index is 1.92. The van der Waals surface area contributed by atoms with E-state index in [2.05, 4.69) is 10.3 Å². The van der Waals surface area contributed by atoms with Crippen LogP contribution in [0.3, 0.4) is 0 Å². The molecule has 0 unspecified atom stereocenters. The van der Waals surface area contributed by atoms with E-state index in [4.69, 9.17) is 16.7 Å². The van der Waals surface area contributed by atoms with Crippen LogP contribution in [0.25, 0.3) is 0 Å². The quantitative estimate of drug-likeness (QED) is 0.818. The molecule has 2 rings (SSSR count). The van der Waals surface area contributed by atoms with Gasteiger partial charge in [-0.25, -0.2) is 4.98 Å². The molecule has 18 heavy (non-hydrogen) atoms. The fourth-order valence-electron chi connectivity index (χ4n) is 2.12. The maximum absolute atomic E-state index is 11.8. The predicted octanol–water partition coefficient (Wildman–Crippen LogP) is 1.72. The number of rotatable bonds is 3. The number of pyridine rings is 1. The lowest BCUT2D eigenvalue weighted by Gasteiger charge is -2.12. The van der Waals surface area contributed by atoms with E-state index in [1.807, 2.05) is 0 Å². The molecule has 1 heterocycles. The summed E-state index contributed by atoms with van der Waals surface area (Å²) < 4.78 is 0. The lowest BCUT2D eigenvalue weighted by atomic mass is 10.1. The van der Waals surface area contributed by atoms with Gasteiger partial charge in [-0.05, 0) is 31.4 Å². The Labute approximate surface area is 109 Å². The lowest BCUT2D eigenvalue weighted by molar-refractivity contribution is -0.141. The highest BCUT2D eigenvalue weighted by atomic mass is 35.5. The Kier molecular flexibility index (Phi) is 3.81. The molecule has 1 aliphatic carbocycles. The summed E-state index contributed by atoms with van der Waals surface area (Å²) in [7, 11) is 0. The summed E-state index contributed by atoms with van der Waals surface area (Å²) >= 11 is 5.63. The third kappa shape index (κ3) is 2.98. The molecular weight excluding hydrogens is 256 g/mol. The second-order valence-corrected chi connectivity index (χ2v) is 4.78. The van der Waals surface area contributed by atoms with Crippen molar-refractivity contribution < 1.29 is 14.7 Å². The van der Waals surface area contributed by atoms with Crippen LogP contribution in [0.4, 0.5) is 0 Å². The van der Waals surface area contributed by atoms with Crippen molar-refractivity contribution in [1.82, 2.24) is 10.3 Å². The number of nitrogens with zero attached hydrogens (tertiary/aromatic N) is 1. The second-order valence-electron chi connectivity index (χ2n) is 4.39. The maximum atomic E-state index is 11.8. The van der Waals surface area contributed by atoms with E-state index in [-0.39, 0.29) is 17.9 Å². The van der Waals surface area contributed by atoms with Crippen LogP contribution < -0.4 is 5.32 Å². The number of carbonyl (C=O) groups is 2. The standard InChI is InChI=1S/C12H13ClN2O3/c13-10-4-2-8(6-14-10)11(16)15-9-3-1-7(5-9)12(17)18/h2,4,6-7,9H,1,3,5H2,(H,15,16)(H,17,18)/t7-,9+/m1/s1. The number of carboxylic acids is 1. The van der Waals surface area contributed by atoms with Gasteiger partial charge in [0, 0.05) is 12.2 Å². The topological polar surface area (TPSA) is 79.3 Å². The van der Waals surface area contributed by atoms with E-state index in [9.17, 15) is 9.59 Å². The Morgan fingerprint density at radius 2 is 2.17 bits per heavy atom. The van der Waals surface area contributed by atoms with E-state index >= 15 is 0 Å².